The lowest BCUT2D eigenvalue weighted by atomic mass is 10.0. The van der Waals surface area contributed by atoms with E-state index in [-0.39, 0.29) is 24.4 Å². The van der Waals surface area contributed by atoms with Crippen LogP contribution in [0.4, 0.5) is 0 Å². The number of hydrogen-bond acceptors (Lipinski definition) is 5. The van der Waals surface area contributed by atoms with Crippen LogP contribution in [0.2, 0.25) is 5.02 Å². The fraction of sp³-hybridized carbons (Fsp3) is 0.478. The summed E-state index contributed by atoms with van der Waals surface area (Å²) in [5.74, 6) is 0.633. The SMILES string of the molecule is CCC(=O)N(CCCOC)CC(=O)N1CCc2sccc2[C@H]1COc1ccc(Cl)cc1. The topological polar surface area (TPSA) is 59.1 Å². The second-order valence-corrected chi connectivity index (χ2v) is 8.87. The minimum absolute atomic E-state index is 0.0216. The van der Waals surface area contributed by atoms with Gasteiger partial charge in [-0.05, 0) is 54.1 Å². The molecule has 2 heterocycles. The first-order valence-corrected chi connectivity index (χ1v) is 11.8. The van der Waals surface area contributed by atoms with Gasteiger partial charge >= 0.3 is 0 Å². The first-order chi connectivity index (χ1) is 15.0. The van der Waals surface area contributed by atoms with E-state index in [4.69, 9.17) is 21.1 Å². The second-order valence-electron chi connectivity index (χ2n) is 7.43. The van der Waals surface area contributed by atoms with Crippen LogP contribution in [0.15, 0.2) is 35.7 Å². The Kier molecular flexibility index (Phi) is 8.75. The van der Waals surface area contributed by atoms with E-state index in [9.17, 15) is 9.59 Å². The Balaban J connectivity index is 1.72. The third kappa shape index (κ3) is 6.21. The summed E-state index contributed by atoms with van der Waals surface area (Å²) in [6.45, 7) is 3.93. The molecule has 0 aliphatic carbocycles. The predicted molar refractivity (Wildman–Crippen MR) is 123 cm³/mol. The van der Waals surface area contributed by atoms with Crippen LogP contribution < -0.4 is 4.74 Å². The number of halogens is 1. The van der Waals surface area contributed by atoms with Crippen molar-refractivity contribution in [1.82, 2.24) is 9.80 Å². The highest BCUT2D eigenvalue weighted by molar-refractivity contribution is 7.10. The molecule has 168 valence electrons. The fourth-order valence-corrected chi connectivity index (χ4v) is 4.80. The number of thiophene rings is 1. The van der Waals surface area contributed by atoms with Crippen LogP contribution in [0, 0.1) is 0 Å². The van der Waals surface area contributed by atoms with Gasteiger partial charge in [0.05, 0.1) is 12.6 Å². The number of carbonyl (C=O) groups is 2. The monoisotopic (exact) mass is 464 g/mol. The summed E-state index contributed by atoms with van der Waals surface area (Å²) in [4.78, 5) is 30.5. The van der Waals surface area contributed by atoms with Crippen LogP contribution >= 0.6 is 22.9 Å². The van der Waals surface area contributed by atoms with Crippen molar-refractivity contribution in [3.63, 3.8) is 0 Å². The van der Waals surface area contributed by atoms with E-state index in [1.807, 2.05) is 24.0 Å². The molecule has 0 saturated carbocycles. The molecule has 2 aromatic rings. The summed E-state index contributed by atoms with van der Waals surface area (Å²) in [7, 11) is 1.63. The van der Waals surface area contributed by atoms with Crippen LogP contribution in [0.25, 0.3) is 0 Å². The quantitative estimate of drug-likeness (QED) is 0.495. The summed E-state index contributed by atoms with van der Waals surface area (Å²) in [6, 6.07) is 9.10. The van der Waals surface area contributed by atoms with Gasteiger partial charge in [0.25, 0.3) is 0 Å². The molecule has 6 nitrogen and oxygen atoms in total. The lowest BCUT2D eigenvalue weighted by Gasteiger charge is -2.37. The van der Waals surface area contributed by atoms with E-state index in [1.54, 1.807) is 35.5 Å². The Bertz CT molecular complexity index is 871. The minimum Gasteiger partial charge on any atom is -0.491 e. The zero-order chi connectivity index (χ0) is 22.2. The Morgan fingerprint density at radius 2 is 2.03 bits per heavy atom. The molecule has 0 fully saturated rings. The lowest BCUT2D eigenvalue weighted by Crippen LogP contribution is -2.48. The number of carbonyl (C=O) groups excluding carboxylic acids is 2. The third-order valence-electron chi connectivity index (χ3n) is 5.39. The second kappa shape index (κ2) is 11.5. The summed E-state index contributed by atoms with van der Waals surface area (Å²) in [5, 5.41) is 2.71. The molecule has 1 aromatic carbocycles. The van der Waals surface area contributed by atoms with E-state index < -0.39 is 0 Å². The molecule has 3 rings (SSSR count). The van der Waals surface area contributed by atoms with Gasteiger partial charge in [0.1, 0.15) is 12.4 Å². The number of benzene rings is 1. The van der Waals surface area contributed by atoms with Crippen LogP contribution in [0.3, 0.4) is 0 Å². The standard InChI is InChI=1S/C23H29ClN2O4S/c1-3-22(27)25(11-4-13-29-2)15-23(28)26-12-9-21-19(10-14-31-21)20(26)16-30-18-7-5-17(24)6-8-18/h5-8,10,14,20H,3-4,9,11-13,15-16H2,1-2H3/t20-/m1/s1. The van der Waals surface area contributed by atoms with Gasteiger partial charge < -0.3 is 19.3 Å². The number of hydrogen-bond donors (Lipinski definition) is 0. The van der Waals surface area contributed by atoms with Crippen LogP contribution in [0.5, 0.6) is 5.75 Å². The summed E-state index contributed by atoms with van der Waals surface area (Å²) < 4.78 is 11.1. The molecule has 1 aliphatic rings. The van der Waals surface area contributed by atoms with E-state index in [1.165, 1.54) is 4.88 Å². The van der Waals surface area contributed by atoms with Gasteiger partial charge in [0.15, 0.2) is 0 Å². The molecule has 1 atom stereocenters. The highest BCUT2D eigenvalue weighted by Crippen LogP contribution is 2.34. The molecular formula is C23H29ClN2O4S. The van der Waals surface area contributed by atoms with Gasteiger partial charge in [0.2, 0.25) is 11.8 Å². The maximum Gasteiger partial charge on any atom is 0.242 e. The highest BCUT2D eigenvalue weighted by atomic mass is 35.5. The Morgan fingerprint density at radius 1 is 1.26 bits per heavy atom. The van der Waals surface area contributed by atoms with Crippen molar-refractivity contribution >= 4 is 34.8 Å². The van der Waals surface area contributed by atoms with Gasteiger partial charge in [-0.2, -0.15) is 0 Å². The van der Waals surface area contributed by atoms with E-state index in [0.29, 0.717) is 49.9 Å². The molecule has 1 aliphatic heterocycles. The Labute approximate surface area is 192 Å². The van der Waals surface area contributed by atoms with Crippen LogP contribution in [-0.4, -0.2) is 61.6 Å². The molecule has 0 bridgehead atoms. The van der Waals surface area contributed by atoms with Crippen LogP contribution in [0.1, 0.15) is 36.2 Å². The first-order valence-electron chi connectivity index (χ1n) is 10.5. The summed E-state index contributed by atoms with van der Waals surface area (Å²) in [6.07, 6.45) is 1.90. The van der Waals surface area contributed by atoms with Gasteiger partial charge in [-0.25, -0.2) is 0 Å². The number of amides is 2. The van der Waals surface area contributed by atoms with Gasteiger partial charge in [0, 0.05) is 43.1 Å². The number of rotatable bonds is 10. The van der Waals surface area contributed by atoms with E-state index in [0.717, 1.165) is 12.0 Å². The predicted octanol–water partition coefficient (Wildman–Crippen LogP) is 4.18. The van der Waals surface area contributed by atoms with Crippen molar-refractivity contribution in [2.45, 2.75) is 32.2 Å². The van der Waals surface area contributed by atoms with Gasteiger partial charge in [-0.1, -0.05) is 18.5 Å². The first kappa shape index (κ1) is 23.6. The van der Waals surface area contributed by atoms with Crippen LogP contribution in [-0.2, 0) is 20.7 Å². The normalized spacial score (nSPS) is 15.5. The van der Waals surface area contributed by atoms with Crippen molar-refractivity contribution in [3.8, 4) is 5.75 Å². The third-order valence-corrected chi connectivity index (χ3v) is 6.64. The van der Waals surface area contributed by atoms with Crippen molar-refractivity contribution < 1.29 is 19.1 Å². The van der Waals surface area contributed by atoms with Gasteiger partial charge in [-0.3, -0.25) is 9.59 Å². The average Bonchev–Trinajstić information content (AvgIpc) is 3.26. The molecule has 0 N–H and O–H groups in total. The van der Waals surface area contributed by atoms with Crippen molar-refractivity contribution in [2.24, 2.45) is 0 Å². The lowest BCUT2D eigenvalue weighted by molar-refractivity contribution is -0.142. The largest absolute Gasteiger partial charge is 0.491 e. The van der Waals surface area contributed by atoms with Crippen molar-refractivity contribution in [2.75, 3.05) is 40.0 Å². The molecule has 31 heavy (non-hydrogen) atoms. The molecule has 0 unspecified atom stereocenters. The highest BCUT2D eigenvalue weighted by Gasteiger charge is 2.33. The molecule has 2 amide bonds. The number of methoxy groups -OCH3 is 1. The van der Waals surface area contributed by atoms with Crippen molar-refractivity contribution in [1.29, 1.82) is 0 Å². The number of nitrogens with zero attached hydrogens (tertiary/aromatic N) is 2. The molecule has 0 radical (unpaired) electrons. The summed E-state index contributed by atoms with van der Waals surface area (Å²) >= 11 is 7.67. The Morgan fingerprint density at radius 3 is 2.74 bits per heavy atom. The van der Waals surface area contributed by atoms with E-state index >= 15 is 0 Å². The number of fused-ring (bicyclic) bond motifs is 1. The minimum atomic E-state index is -0.185. The summed E-state index contributed by atoms with van der Waals surface area (Å²) in [5.41, 5.74) is 1.13. The molecule has 1 aromatic heterocycles. The van der Waals surface area contributed by atoms with E-state index in [2.05, 4.69) is 11.4 Å². The molecule has 0 saturated heterocycles. The fourth-order valence-electron chi connectivity index (χ4n) is 3.75. The van der Waals surface area contributed by atoms with Gasteiger partial charge in [-0.15, -0.1) is 11.3 Å². The zero-order valence-electron chi connectivity index (χ0n) is 18.0. The van der Waals surface area contributed by atoms with Crippen molar-refractivity contribution in [3.05, 3.63) is 51.2 Å². The maximum atomic E-state index is 13.3. The smallest absolute Gasteiger partial charge is 0.242 e. The maximum absolute atomic E-state index is 13.3. The molecular weight excluding hydrogens is 436 g/mol. The Hall–Kier alpha value is -2.09. The molecule has 8 heteroatoms. The molecule has 0 spiro atoms. The average molecular weight is 465 g/mol. The zero-order valence-corrected chi connectivity index (χ0v) is 19.6. The number of ether oxygens (including phenoxy) is 2.